The van der Waals surface area contributed by atoms with Gasteiger partial charge in [-0.3, -0.25) is 14.5 Å². The first-order chi connectivity index (χ1) is 16.1. The van der Waals surface area contributed by atoms with Crippen LogP contribution in [0.3, 0.4) is 0 Å². The molecular weight excluding hydrogens is 414 g/mol. The summed E-state index contributed by atoms with van der Waals surface area (Å²) in [6.07, 6.45) is 3.26. The first kappa shape index (κ1) is 23.5. The summed E-state index contributed by atoms with van der Waals surface area (Å²) in [5.41, 5.74) is 4.18. The lowest BCUT2D eigenvalue weighted by Crippen LogP contribution is -2.38. The summed E-state index contributed by atoms with van der Waals surface area (Å²) in [4.78, 5) is 29.6. The predicted octanol–water partition coefficient (Wildman–Crippen LogP) is 3.32. The van der Waals surface area contributed by atoms with Crippen molar-refractivity contribution in [1.82, 2.24) is 10.2 Å². The first-order valence-electron chi connectivity index (χ1n) is 12.1. The topological polar surface area (TPSA) is 61.9 Å². The molecule has 6 heteroatoms. The van der Waals surface area contributed by atoms with Gasteiger partial charge in [-0.25, -0.2) is 0 Å². The lowest BCUT2D eigenvalue weighted by atomic mass is 10.1. The van der Waals surface area contributed by atoms with Crippen LogP contribution in [-0.2, 0) is 27.3 Å². The number of nitrogens with one attached hydrogen (secondary N) is 1. The molecule has 1 heterocycles. The van der Waals surface area contributed by atoms with E-state index in [0.717, 1.165) is 68.9 Å². The van der Waals surface area contributed by atoms with Gasteiger partial charge in [0, 0.05) is 31.2 Å². The van der Waals surface area contributed by atoms with Crippen LogP contribution in [-0.4, -0.2) is 56.1 Å². The van der Waals surface area contributed by atoms with Crippen molar-refractivity contribution >= 4 is 17.5 Å². The predicted molar refractivity (Wildman–Crippen MR) is 130 cm³/mol. The number of carbonyl (C=O) groups excluding carboxylic acids is 2. The molecule has 176 valence electrons. The lowest BCUT2D eigenvalue weighted by Gasteiger charge is -2.26. The fourth-order valence-corrected chi connectivity index (χ4v) is 4.12. The van der Waals surface area contributed by atoms with Crippen molar-refractivity contribution in [1.29, 1.82) is 0 Å². The van der Waals surface area contributed by atoms with Gasteiger partial charge in [0.05, 0.1) is 26.2 Å². The highest BCUT2D eigenvalue weighted by molar-refractivity contribution is 5.96. The molecule has 0 bridgehead atoms. The minimum Gasteiger partial charge on any atom is -0.379 e. The number of aryl methyl sites for hydroxylation is 1. The van der Waals surface area contributed by atoms with E-state index in [1.165, 1.54) is 5.56 Å². The molecule has 0 unspecified atom stereocenters. The van der Waals surface area contributed by atoms with Crippen LogP contribution >= 0.6 is 0 Å². The number of carbonyl (C=O) groups is 2. The molecule has 33 heavy (non-hydrogen) atoms. The third kappa shape index (κ3) is 7.14. The summed E-state index contributed by atoms with van der Waals surface area (Å²) < 4.78 is 5.36. The zero-order chi connectivity index (χ0) is 23.0. The quantitative estimate of drug-likeness (QED) is 0.566. The molecule has 4 rings (SSSR count). The third-order valence-corrected chi connectivity index (χ3v) is 6.34. The highest BCUT2D eigenvalue weighted by atomic mass is 16.5. The van der Waals surface area contributed by atoms with Crippen molar-refractivity contribution < 1.29 is 14.3 Å². The highest BCUT2D eigenvalue weighted by Crippen LogP contribution is 2.33. The molecule has 0 spiro atoms. The van der Waals surface area contributed by atoms with E-state index in [1.807, 2.05) is 29.2 Å². The van der Waals surface area contributed by atoms with Crippen molar-refractivity contribution in [3.8, 4) is 0 Å². The highest BCUT2D eigenvalue weighted by Gasteiger charge is 2.34. The van der Waals surface area contributed by atoms with Gasteiger partial charge in [0.2, 0.25) is 11.8 Å². The third-order valence-electron chi connectivity index (χ3n) is 6.34. The van der Waals surface area contributed by atoms with Crippen LogP contribution in [0.25, 0.3) is 0 Å². The molecular formula is C27H35N3O3. The summed E-state index contributed by atoms with van der Waals surface area (Å²) in [5, 5.41) is 3.03. The summed E-state index contributed by atoms with van der Waals surface area (Å²) in [7, 11) is 0. The molecule has 1 aliphatic carbocycles. The van der Waals surface area contributed by atoms with Crippen molar-refractivity contribution in [2.75, 3.05) is 44.3 Å². The smallest absolute Gasteiger partial charge is 0.230 e. The molecule has 2 fully saturated rings. The molecule has 1 aliphatic heterocycles. The van der Waals surface area contributed by atoms with Crippen molar-refractivity contribution in [3.63, 3.8) is 0 Å². The Kier molecular flexibility index (Phi) is 8.13. The first-order valence-corrected chi connectivity index (χ1v) is 12.1. The average molecular weight is 450 g/mol. The number of benzene rings is 2. The molecule has 2 amide bonds. The summed E-state index contributed by atoms with van der Waals surface area (Å²) in [6.45, 7) is 7.87. The average Bonchev–Trinajstić information content (AvgIpc) is 3.68. The molecule has 1 N–H and O–H groups in total. The fraction of sp³-hybridized carbons (Fsp3) is 0.481. The Morgan fingerprint density at radius 1 is 1.00 bits per heavy atom. The van der Waals surface area contributed by atoms with E-state index < -0.39 is 0 Å². The maximum atomic E-state index is 13.0. The van der Waals surface area contributed by atoms with Gasteiger partial charge in [-0.15, -0.1) is 0 Å². The molecule has 2 aromatic carbocycles. The molecule has 2 aliphatic rings. The van der Waals surface area contributed by atoms with E-state index in [-0.39, 0.29) is 17.7 Å². The molecule has 0 aromatic heterocycles. The van der Waals surface area contributed by atoms with Crippen molar-refractivity contribution in [2.24, 2.45) is 5.92 Å². The number of ether oxygens (including phenoxy) is 1. The van der Waals surface area contributed by atoms with Crippen LogP contribution in [0.4, 0.5) is 5.69 Å². The summed E-state index contributed by atoms with van der Waals surface area (Å²) >= 11 is 0. The van der Waals surface area contributed by atoms with E-state index in [1.54, 1.807) is 0 Å². The Morgan fingerprint density at radius 3 is 2.33 bits per heavy atom. The molecule has 2 aromatic rings. The van der Waals surface area contributed by atoms with E-state index in [0.29, 0.717) is 19.5 Å². The largest absolute Gasteiger partial charge is 0.379 e. The van der Waals surface area contributed by atoms with Gasteiger partial charge in [0.1, 0.15) is 0 Å². The van der Waals surface area contributed by atoms with Gasteiger partial charge >= 0.3 is 0 Å². The number of morpholine rings is 1. The van der Waals surface area contributed by atoms with E-state index in [2.05, 4.69) is 41.4 Å². The number of nitrogens with zero attached hydrogens (tertiary/aromatic N) is 2. The Labute approximate surface area is 196 Å². The van der Waals surface area contributed by atoms with E-state index in [9.17, 15) is 9.59 Å². The SMILES string of the molecule is Cc1ccc(CN(C(=O)C2CC2)c2ccc(CC(=O)NCCCN3CCOCC3)cc2)cc1. The van der Waals surface area contributed by atoms with E-state index in [4.69, 9.17) is 4.74 Å². The molecule has 0 radical (unpaired) electrons. The van der Waals surface area contributed by atoms with Crippen LogP contribution in [0.2, 0.25) is 0 Å². The van der Waals surface area contributed by atoms with Gasteiger partial charge < -0.3 is 15.0 Å². The lowest BCUT2D eigenvalue weighted by molar-refractivity contribution is -0.121. The number of hydrogen-bond donors (Lipinski definition) is 1. The van der Waals surface area contributed by atoms with Crippen LogP contribution in [0.15, 0.2) is 48.5 Å². The second-order valence-corrected chi connectivity index (χ2v) is 9.18. The van der Waals surface area contributed by atoms with Gasteiger partial charge in [-0.05, 0) is 56.0 Å². The van der Waals surface area contributed by atoms with Gasteiger partial charge in [-0.1, -0.05) is 42.0 Å². The fourth-order valence-electron chi connectivity index (χ4n) is 4.12. The molecule has 1 saturated heterocycles. The standard InChI is InChI=1S/C27H35N3O3/c1-21-3-5-23(6-4-21)20-30(27(32)24-9-10-24)25-11-7-22(8-12-25)19-26(31)28-13-2-14-29-15-17-33-18-16-29/h3-8,11-12,24H,2,9-10,13-20H2,1H3,(H,28,31). The number of anilines is 1. The second-order valence-electron chi connectivity index (χ2n) is 9.18. The monoisotopic (exact) mass is 449 g/mol. The molecule has 0 atom stereocenters. The Hall–Kier alpha value is -2.70. The van der Waals surface area contributed by atoms with Crippen LogP contribution < -0.4 is 10.2 Å². The number of amides is 2. The van der Waals surface area contributed by atoms with Crippen LogP contribution in [0.5, 0.6) is 0 Å². The van der Waals surface area contributed by atoms with Crippen LogP contribution in [0, 0.1) is 12.8 Å². The minimum atomic E-state index is 0.0373. The van der Waals surface area contributed by atoms with Crippen molar-refractivity contribution in [3.05, 3.63) is 65.2 Å². The van der Waals surface area contributed by atoms with Gasteiger partial charge in [0.15, 0.2) is 0 Å². The normalized spacial score (nSPS) is 16.4. The molecule has 6 nitrogen and oxygen atoms in total. The number of hydrogen-bond acceptors (Lipinski definition) is 4. The zero-order valence-corrected chi connectivity index (χ0v) is 19.6. The molecule has 1 saturated carbocycles. The van der Waals surface area contributed by atoms with E-state index >= 15 is 0 Å². The van der Waals surface area contributed by atoms with Gasteiger partial charge in [0.25, 0.3) is 0 Å². The maximum absolute atomic E-state index is 13.0. The summed E-state index contributed by atoms with van der Waals surface area (Å²) in [5.74, 6) is 0.384. The zero-order valence-electron chi connectivity index (χ0n) is 19.6. The van der Waals surface area contributed by atoms with Crippen LogP contribution in [0.1, 0.15) is 36.0 Å². The number of rotatable bonds is 10. The summed E-state index contributed by atoms with van der Waals surface area (Å²) in [6, 6.07) is 16.2. The van der Waals surface area contributed by atoms with Crippen molar-refractivity contribution in [2.45, 2.75) is 39.2 Å². The Balaban J connectivity index is 1.28. The Morgan fingerprint density at radius 2 is 1.67 bits per heavy atom. The van der Waals surface area contributed by atoms with Gasteiger partial charge in [-0.2, -0.15) is 0 Å². The maximum Gasteiger partial charge on any atom is 0.230 e. The Bertz CT molecular complexity index is 917. The second kappa shape index (κ2) is 11.4. The minimum absolute atomic E-state index is 0.0373.